The summed E-state index contributed by atoms with van der Waals surface area (Å²) in [5.74, 6) is -1.33. The maximum Gasteiger partial charge on any atom is 0.303 e. The topological polar surface area (TPSA) is 84.2 Å². The molecule has 0 unspecified atom stereocenters. The molecule has 6 nitrogen and oxygen atoms in total. The molecule has 25 heavy (non-hydrogen) atoms. The first-order valence-corrected chi connectivity index (χ1v) is 8.35. The van der Waals surface area contributed by atoms with Gasteiger partial charge in [0.25, 0.3) is 5.91 Å². The molecule has 0 saturated heterocycles. The third-order valence-corrected chi connectivity index (χ3v) is 3.87. The Hall–Kier alpha value is -2.70. The lowest BCUT2D eigenvalue weighted by Crippen LogP contribution is -2.25. The van der Waals surface area contributed by atoms with E-state index in [-0.39, 0.29) is 18.1 Å². The maximum atomic E-state index is 13.1. The molecule has 0 aliphatic heterocycles. The van der Waals surface area contributed by atoms with E-state index in [4.69, 9.17) is 5.11 Å². The van der Waals surface area contributed by atoms with Crippen molar-refractivity contribution in [2.24, 2.45) is 0 Å². The first-order valence-electron chi connectivity index (χ1n) is 8.35. The van der Waals surface area contributed by atoms with Gasteiger partial charge in [0.1, 0.15) is 5.82 Å². The fourth-order valence-corrected chi connectivity index (χ4v) is 2.58. The first-order chi connectivity index (χ1) is 12.0. The summed E-state index contributed by atoms with van der Waals surface area (Å²) < 4.78 is 14.7. The van der Waals surface area contributed by atoms with Gasteiger partial charge in [-0.25, -0.2) is 9.07 Å². The van der Waals surface area contributed by atoms with Gasteiger partial charge in [-0.05, 0) is 43.5 Å². The number of rotatable bonds is 9. The summed E-state index contributed by atoms with van der Waals surface area (Å²) in [5.41, 5.74) is 1.96. The van der Waals surface area contributed by atoms with Gasteiger partial charge < -0.3 is 10.4 Å². The highest BCUT2D eigenvalue weighted by molar-refractivity contribution is 5.95. The van der Waals surface area contributed by atoms with Gasteiger partial charge >= 0.3 is 5.97 Å². The third-order valence-electron chi connectivity index (χ3n) is 3.87. The van der Waals surface area contributed by atoms with Gasteiger partial charge in [0.2, 0.25) is 0 Å². The molecule has 0 spiro atoms. The quantitative estimate of drug-likeness (QED) is 0.683. The fraction of sp³-hybridized carbons (Fsp3) is 0.389. The van der Waals surface area contributed by atoms with E-state index in [1.165, 1.54) is 18.3 Å². The molecule has 7 heteroatoms. The number of nitrogens with one attached hydrogen (secondary N) is 1. The molecule has 1 aromatic heterocycles. The Kier molecular flexibility index (Phi) is 6.68. The van der Waals surface area contributed by atoms with Crippen LogP contribution in [0.2, 0.25) is 0 Å². The number of aliphatic carboxylic acids is 1. The summed E-state index contributed by atoms with van der Waals surface area (Å²) in [6.07, 6.45) is 4.36. The van der Waals surface area contributed by atoms with E-state index in [1.807, 2.05) is 6.92 Å². The number of hydrogen-bond donors (Lipinski definition) is 2. The molecule has 134 valence electrons. The number of carboxylic acids is 1. The Morgan fingerprint density at radius 3 is 2.56 bits per heavy atom. The van der Waals surface area contributed by atoms with Crippen molar-refractivity contribution in [1.82, 2.24) is 15.1 Å². The highest BCUT2D eigenvalue weighted by Gasteiger charge is 2.16. The first kappa shape index (κ1) is 18.6. The predicted molar refractivity (Wildman–Crippen MR) is 91.3 cm³/mol. The molecule has 1 amide bonds. The molecule has 2 rings (SSSR count). The second kappa shape index (κ2) is 8.96. The molecule has 0 saturated carbocycles. The van der Waals surface area contributed by atoms with Crippen LogP contribution in [0.4, 0.5) is 4.39 Å². The van der Waals surface area contributed by atoms with Gasteiger partial charge in [0.05, 0.1) is 23.1 Å². The summed E-state index contributed by atoms with van der Waals surface area (Å²) in [7, 11) is 0. The van der Waals surface area contributed by atoms with Crippen molar-refractivity contribution in [3.05, 3.63) is 47.5 Å². The standard InChI is InChI=1S/C18H22FN3O3/c1-2-16-15(18(25)20-11-5-3-4-6-17(23)24)12-21-22(16)14-9-7-13(19)8-10-14/h7-10,12H,2-6,11H2,1H3,(H,20,25)(H,23,24). The minimum Gasteiger partial charge on any atom is -0.481 e. The number of carboxylic acid groups (broad SMARTS) is 1. The molecule has 0 aliphatic carbocycles. The zero-order chi connectivity index (χ0) is 18.2. The summed E-state index contributed by atoms with van der Waals surface area (Å²) in [6.45, 7) is 2.42. The smallest absolute Gasteiger partial charge is 0.303 e. The van der Waals surface area contributed by atoms with Crippen molar-refractivity contribution in [3.8, 4) is 5.69 Å². The van der Waals surface area contributed by atoms with Crippen molar-refractivity contribution in [3.63, 3.8) is 0 Å². The van der Waals surface area contributed by atoms with E-state index in [9.17, 15) is 14.0 Å². The van der Waals surface area contributed by atoms with Crippen LogP contribution in [0.1, 0.15) is 48.7 Å². The lowest BCUT2D eigenvalue weighted by molar-refractivity contribution is -0.137. The summed E-state index contributed by atoms with van der Waals surface area (Å²) in [5, 5.41) is 15.7. The highest BCUT2D eigenvalue weighted by atomic mass is 19.1. The van der Waals surface area contributed by atoms with Gasteiger partial charge in [-0.2, -0.15) is 5.10 Å². The van der Waals surface area contributed by atoms with Crippen LogP contribution in [-0.4, -0.2) is 33.3 Å². The lowest BCUT2D eigenvalue weighted by Gasteiger charge is -2.08. The molecule has 1 heterocycles. The molecule has 0 fully saturated rings. The van der Waals surface area contributed by atoms with Crippen LogP contribution >= 0.6 is 0 Å². The van der Waals surface area contributed by atoms with Crippen LogP contribution in [0.15, 0.2) is 30.5 Å². The third kappa shape index (κ3) is 5.14. The number of carbonyl (C=O) groups excluding carboxylic acids is 1. The fourth-order valence-electron chi connectivity index (χ4n) is 2.58. The normalized spacial score (nSPS) is 10.6. The van der Waals surface area contributed by atoms with Crippen molar-refractivity contribution in [2.45, 2.75) is 39.0 Å². The maximum absolute atomic E-state index is 13.1. The van der Waals surface area contributed by atoms with E-state index in [0.717, 1.165) is 18.5 Å². The van der Waals surface area contributed by atoms with Crippen molar-refractivity contribution in [2.75, 3.05) is 6.54 Å². The minimum atomic E-state index is -0.801. The average Bonchev–Trinajstić information content (AvgIpc) is 3.02. The SMILES string of the molecule is CCc1c(C(=O)NCCCCCC(=O)O)cnn1-c1ccc(F)cc1. The molecular formula is C18H22FN3O3. The molecule has 1 aromatic carbocycles. The van der Waals surface area contributed by atoms with E-state index in [0.29, 0.717) is 30.6 Å². The Bertz CT molecular complexity index is 726. The molecule has 2 aromatic rings. The molecule has 0 aliphatic rings. The zero-order valence-corrected chi connectivity index (χ0v) is 14.2. The van der Waals surface area contributed by atoms with Gasteiger partial charge in [0, 0.05) is 13.0 Å². The van der Waals surface area contributed by atoms with Gasteiger partial charge in [0.15, 0.2) is 0 Å². The summed E-state index contributed by atoms with van der Waals surface area (Å²) >= 11 is 0. The van der Waals surface area contributed by atoms with Crippen LogP contribution < -0.4 is 5.32 Å². The van der Waals surface area contributed by atoms with Crippen LogP contribution in [0.5, 0.6) is 0 Å². The minimum absolute atomic E-state index is 0.151. The Morgan fingerprint density at radius 2 is 1.92 bits per heavy atom. The van der Waals surface area contributed by atoms with E-state index in [2.05, 4.69) is 10.4 Å². The van der Waals surface area contributed by atoms with Crippen LogP contribution in [0.25, 0.3) is 5.69 Å². The number of hydrogen-bond acceptors (Lipinski definition) is 3. The predicted octanol–water partition coefficient (Wildman–Crippen LogP) is 2.95. The Labute approximate surface area is 145 Å². The second-order valence-electron chi connectivity index (χ2n) is 5.71. The van der Waals surface area contributed by atoms with Gasteiger partial charge in [-0.1, -0.05) is 13.3 Å². The summed E-state index contributed by atoms with van der Waals surface area (Å²) in [6, 6.07) is 5.94. The molecule has 0 bridgehead atoms. The van der Waals surface area contributed by atoms with Crippen molar-refractivity contribution in [1.29, 1.82) is 0 Å². The molecule has 0 radical (unpaired) electrons. The Balaban J connectivity index is 1.96. The Morgan fingerprint density at radius 1 is 1.20 bits per heavy atom. The molecule has 2 N–H and O–H groups in total. The van der Waals surface area contributed by atoms with E-state index < -0.39 is 5.97 Å². The number of amides is 1. The van der Waals surface area contributed by atoms with Gasteiger partial charge in [-0.15, -0.1) is 0 Å². The number of aromatic nitrogens is 2. The number of unbranched alkanes of at least 4 members (excludes halogenated alkanes) is 2. The molecular weight excluding hydrogens is 325 g/mol. The van der Waals surface area contributed by atoms with Crippen LogP contribution in [0, 0.1) is 5.82 Å². The number of benzene rings is 1. The highest BCUT2D eigenvalue weighted by Crippen LogP contribution is 2.16. The van der Waals surface area contributed by atoms with Crippen LogP contribution in [0.3, 0.4) is 0 Å². The largest absolute Gasteiger partial charge is 0.481 e. The average molecular weight is 347 g/mol. The van der Waals surface area contributed by atoms with E-state index in [1.54, 1.807) is 16.8 Å². The second-order valence-corrected chi connectivity index (χ2v) is 5.71. The van der Waals surface area contributed by atoms with E-state index >= 15 is 0 Å². The van der Waals surface area contributed by atoms with Crippen molar-refractivity contribution < 1.29 is 19.1 Å². The lowest BCUT2D eigenvalue weighted by atomic mass is 10.1. The zero-order valence-electron chi connectivity index (χ0n) is 14.2. The van der Waals surface area contributed by atoms with Gasteiger partial charge in [-0.3, -0.25) is 9.59 Å². The number of nitrogens with zero attached hydrogens (tertiary/aromatic N) is 2. The van der Waals surface area contributed by atoms with Crippen LogP contribution in [-0.2, 0) is 11.2 Å². The summed E-state index contributed by atoms with van der Waals surface area (Å²) in [4.78, 5) is 22.8. The molecule has 0 atom stereocenters. The number of halogens is 1. The van der Waals surface area contributed by atoms with Crippen molar-refractivity contribution >= 4 is 11.9 Å². The monoisotopic (exact) mass is 347 g/mol. The number of carbonyl (C=O) groups is 2.